The summed E-state index contributed by atoms with van der Waals surface area (Å²) in [5.41, 5.74) is 1.06. The van der Waals surface area contributed by atoms with Crippen LogP contribution in [0.25, 0.3) is 0 Å². The Balaban J connectivity index is 1.71. The number of benzene rings is 1. The molecule has 1 atom stereocenters. The summed E-state index contributed by atoms with van der Waals surface area (Å²) in [5, 5.41) is 13.5. The molecule has 1 aliphatic heterocycles. The highest BCUT2D eigenvalue weighted by atomic mass is 16.7. The quantitative estimate of drug-likeness (QED) is 0.767. The number of hydrogen-bond donors (Lipinski definition) is 2. The third-order valence-electron chi connectivity index (χ3n) is 2.52. The van der Waals surface area contributed by atoms with Crippen LogP contribution >= 0.6 is 0 Å². The van der Waals surface area contributed by atoms with E-state index in [1.807, 2.05) is 30.3 Å². The monoisotopic (exact) mass is 236 g/mol. The van der Waals surface area contributed by atoms with Crippen LogP contribution in [0.4, 0.5) is 0 Å². The first-order valence-corrected chi connectivity index (χ1v) is 5.60. The predicted molar refractivity (Wildman–Crippen MR) is 61.8 cm³/mol. The molecule has 1 saturated heterocycles. The minimum absolute atomic E-state index is 0.108. The molecule has 0 spiro atoms. The van der Waals surface area contributed by atoms with Crippen LogP contribution < -0.4 is 5.32 Å². The number of carbonyl (C=O) groups excluding carboxylic acids is 1. The molecule has 5 heteroatoms. The molecule has 17 heavy (non-hydrogen) atoms. The van der Waals surface area contributed by atoms with Crippen molar-refractivity contribution in [2.75, 3.05) is 19.7 Å². The van der Waals surface area contributed by atoms with E-state index < -0.39 is 6.10 Å². The van der Waals surface area contributed by atoms with Crippen LogP contribution in [0.2, 0.25) is 0 Å². The van der Waals surface area contributed by atoms with Crippen molar-refractivity contribution in [3.05, 3.63) is 35.9 Å². The Morgan fingerprint density at radius 3 is 2.88 bits per heavy atom. The van der Waals surface area contributed by atoms with Gasteiger partial charge in [0.15, 0.2) is 0 Å². The fourth-order valence-corrected chi connectivity index (χ4v) is 1.65. The van der Waals surface area contributed by atoms with Crippen LogP contribution in [0.3, 0.4) is 0 Å². The summed E-state index contributed by atoms with van der Waals surface area (Å²) in [6.07, 6.45) is -0.489. The van der Waals surface area contributed by atoms with Crippen molar-refractivity contribution >= 4 is 5.91 Å². The SMILES string of the molecule is O=C(CN1C[C@H](O)CO1)NCc1ccccc1. The molecule has 1 aromatic rings. The third kappa shape index (κ3) is 3.81. The molecule has 2 rings (SSSR count). The van der Waals surface area contributed by atoms with E-state index in [4.69, 9.17) is 4.84 Å². The van der Waals surface area contributed by atoms with Gasteiger partial charge in [0.05, 0.1) is 19.3 Å². The number of nitrogens with zero attached hydrogens (tertiary/aromatic N) is 1. The maximum atomic E-state index is 11.6. The second-order valence-corrected chi connectivity index (χ2v) is 4.03. The molecule has 0 saturated carbocycles. The van der Waals surface area contributed by atoms with Crippen molar-refractivity contribution in [1.29, 1.82) is 0 Å². The summed E-state index contributed by atoms with van der Waals surface area (Å²) in [7, 11) is 0. The molecule has 1 fully saturated rings. The summed E-state index contributed by atoms with van der Waals surface area (Å²) in [5.74, 6) is -0.108. The summed E-state index contributed by atoms with van der Waals surface area (Å²) < 4.78 is 0. The van der Waals surface area contributed by atoms with Crippen molar-refractivity contribution in [2.24, 2.45) is 0 Å². The van der Waals surface area contributed by atoms with Gasteiger partial charge in [0, 0.05) is 6.54 Å². The second kappa shape index (κ2) is 5.77. The molecule has 1 aliphatic rings. The van der Waals surface area contributed by atoms with E-state index in [0.717, 1.165) is 5.56 Å². The molecule has 0 aromatic heterocycles. The molecule has 0 unspecified atom stereocenters. The van der Waals surface area contributed by atoms with Crippen LogP contribution in [-0.4, -0.2) is 41.9 Å². The van der Waals surface area contributed by atoms with Gasteiger partial charge in [-0.25, -0.2) is 0 Å². The Bertz CT molecular complexity index is 369. The largest absolute Gasteiger partial charge is 0.389 e. The molecule has 1 amide bonds. The van der Waals surface area contributed by atoms with E-state index in [2.05, 4.69) is 5.32 Å². The summed E-state index contributed by atoms with van der Waals surface area (Å²) in [6.45, 7) is 1.32. The number of rotatable bonds is 4. The van der Waals surface area contributed by atoms with Gasteiger partial charge in [-0.3, -0.25) is 9.63 Å². The molecule has 1 heterocycles. The lowest BCUT2D eigenvalue weighted by Crippen LogP contribution is -2.35. The summed E-state index contributed by atoms with van der Waals surface area (Å²) >= 11 is 0. The zero-order valence-electron chi connectivity index (χ0n) is 9.50. The van der Waals surface area contributed by atoms with Gasteiger partial charge in [0.25, 0.3) is 0 Å². The third-order valence-corrected chi connectivity index (χ3v) is 2.52. The van der Waals surface area contributed by atoms with E-state index in [9.17, 15) is 9.90 Å². The first-order chi connectivity index (χ1) is 8.24. The topological polar surface area (TPSA) is 61.8 Å². The molecule has 92 valence electrons. The summed E-state index contributed by atoms with van der Waals surface area (Å²) in [6, 6.07) is 9.71. The number of nitrogens with one attached hydrogen (secondary N) is 1. The maximum absolute atomic E-state index is 11.6. The number of β-amino-alcohol motifs (C(OH)–C–C–N with tert-alkyl or cyclic N) is 1. The number of hydroxylamine groups is 2. The average molecular weight is 236 g/mol. The van der Waals surface area contributed by atoms with Gasteiger partial charge in [0.1, 0.15) is 6.54 Å². The van der Waals surface area contributed by atoms with Gasteiger partial charge >= 0.3 is 0 Å². The van der Waals surface area contributed by atoms with E-state index >= 15 is 0 Å². The molecule has 2 N–H and O–H groups in total. The van der Waals surface area contributed by atoms with Gasteiger partial charge in [-0.05, 0) is 5.56 Å². The minimum atomic E-state index is -0.489. The molecule has 1 aromatic carbocycles. The molecular formula is C12H16N2O3. The average Bonchev–Trinajstić information content (AvgIpc) is 2.73. The van der Waals surface area contributed by atoms with Gasteiger partial charge in [-0.15, -0.1) is 0 Å². The summed E-state index contributed by atoms with van der Waals surface area (Å²) in [4.78, 5) is 16.7. The van der Waals surface area contributed by atoms with E-state index in [0.29, 0.717) is 13.1 Å². The fraction of sp³-hybridized carbons (Fsp3) is 0.417. The number of aliphatic hydroxyl groups is 1. The van der Waals surface area contributed by atoms with E-state index in [1.54, 1.807) is 0 Å². The zero-order valence-corrected chi connectivity index (χ0v) is 9.50. The Morgan fingerprint density at radius 1 is 1.47 bits per heavy atom. The van der Waals surface area contributed by atoms with Gasteiger partial charge < -0.3 is 10.4 Å². The highest BCUT2D eigenvalue weighted by Gasteiger charge is 2.22. The molecule has 0 aliphatic carbocycles. The number of aliphatic hydroxyl groups excluding tert-OH is 1. The first kappa shape index (κ1) is 12.0. The Labute approximate surface area is 99.9 Å². The molecule has 0 bridgehead atoms. The fourth-order valence-electron chi connectivity index (χ4n) is 1.65. The van der Waals surface area contributed by atoms with Gasteiger partial charge in [-0.1, -0.05) is 30.3 Å². The molecule has 0 radical (unpaired) electrons. The van der Waals surface area contributed by atoms with Crippen LogP contribution in [-0.2, 0) is 16.2 Å². The van der Waals surface area contributed by atoms with Crippen LogP contribution in [0.1, 0.15) is 5.56 Å². The molecular weight excluding hydrogens is 220 g/mol. The van der Waals surface area contributed by atoms with Crippen LogP contribution in [0.5, 0.6) is 0 Å². The zero-order chi connectivity index (χ0) is 12.1. The first-order valence-electron chi connectivity index (χ1n) is 5.60. The number of hydrogen-bond acceptors (Lipinski definition) is 4. The van der Waals surface area contributed by atoms with Crippen molar-refractivity contribution in [2.45, 2.75) is 12.6 Å². The Hall–Kier alpha value is -1.43. The minimum Gasteiger partial charge on any atom is -0.389 e. The lowest BCUT2D eigenvalue weighted by atomic mass is 10.2. The Morgan fingerprint density at radius 2 is 2.24 bits per heavy atom. The van der Waals surface area contributed by atoms with E-state index in [-0.39, 0.29) is 19.1 Å². The molecule has 5 nitrogen and oxygen atoms in total. The predicted octanol–water partition coefficient (Wildman–Crippen LogP) is -0.0891. The Kier molecular flexibility index (Phi) is 4.08. The number of carbonyl (C=O) groups is 1. The van der Waals surface area contributed by atoms with Crippen molar-refractivity contribution < 1.29 is 14.7 Å². The second-order valence-electron chi connectivity index (χ2n) is 4.03. The maximum Gasteiger partial charge on any atom is 0.236 e. The van der Waals surface area contributed by atoms with Crippen LogP contribution in [0, 0.1) is 0 Å². The highest BCUT2D eigenvalue weighted by Crippen LogP contribution is 2.04. The standard InChI is InChI=1S/C12H16N2O3/c15-11-7-14(17-9-11)8-12(16)13-6-10-4-2-1-3-5-10/h1-5,11,15H,6-9H2,(H,13,16)/t11-/m0/s1. The van der Waals surface area contributed by atoms with Gasteiger partial charge in [0.2, 0.25) is 5.91 Å². The smallest absolute Gasteiger partial charge is 0.236 e. The van der Waals surface area contributed by atoms with Gasteiger partial charge in [-0.2, -0.15) is 5.06 Å². The lowest BCUT2D eigenvalue weighted by molar-refractivity contribution is -0.142. The van der Waals surface area contributed by atoms with Crippen molar-refractivity contribution in [1.82, 2.24) is 10.4 Å². The highest BCUT2D eigenvalue weighted by molar-refractivity contribution is 5.77. The van der Waals surface area contributed by atoms with Crippen LogP contribution in [0.15, 0.2) is 30.3 Å². The van der Waals surface area contributed by atoms with Crippen molar-refractivity contribution in [3.63, 3.8) is 0 Å². The number of amides is 1. The lowest BCUT2D eigenvalue weighted by Gasteiger charge is -2.13. The van der Waals surface area contributed by atoms with E-state index in [1.165, 1.54) is 5.06 Å². The normalized spacial score (nSPS) is 20.4. The van der Waals surface area contributed by atoms with Crippen molar-refractivity contribution in [3.8, 4) is 0 Å².